The lowest BCUT2D eigenvalue weighted by Gasteiger charge is -2.04. The summed E-state index contributed by atoms with van der Waals surface area (Å²) in [6.45, 7) is 4.88. The van der Waals surface area contributed by atoms with Crippen LogP contribution in [0.5, 0.6) is 0 Å². The molecule has 0 fully saturated rings. The fourth-order valence-corrected chi connectivity index (χ4v) is 2.33. The van der Waals surface area contributed by atoms with E-state index >= 15 is 0 Å². The van der Waals surface area contributed by atoms with Gasteiger partial charge in [-0.15, -0.1) is 0 Å². The highest BCUT2D eigenvalue weighted by Gasteiger charge is 2.15. The summed E-state index contributed by atoms with van der Waals surface area (Å²) in [6, 6.07) is 8.21. The summed E-state index contributed by atoms with van der Waals surface area (Å²) >= 11 is 0. The second kappa shape index (κ2) is 5.25. The minimum absolute atomic E-state index is 0.342. The first-order valence-electron chi connectivity index (χ1n) is 6.43. The van der Waals surface area contributed by atoms with Gasteiger partial charge in [0, 0.05) is 23.6 Å². The molecule has 1 atom stereocenters. The largest absolute Gasteiger partial charge is 0.481 e. The molecule has 0 bridgehead atoms. The van der Waals surface area contributed by atoms with Crippen molar-refractivity contribution >= 4 is 16.9 Å². The van der Waals surface area contributed by atoms with Crippen molar-refractivity contribution in [1.29, 1.82) is 0 Å². The third-order valence-corrected chi connectivity index (χ3v) is 3.28. The van der Waals surface area contributed by atoms with Crippen molar-refractivity contribution in [3.63, 3.8) is 0 Å². The minimum atomic E-state index is -0.734. The van der Waals surface area contributed by atoms with Gasteiger partial charge in [0.2, 0.25) is 0 Å². The van der Waals surface area contributed by atoms with Gasteiger partial charge in [-0.25, -0.2) is 0 Å². The number of aliphatic carboxylic acids is 1. The molecule has 1 N–H and O–H groups in total. The van der Waals surface area contributed by atoms with Crippen LogP contribution >= 0.6 is 0 Å². The second-order valence-electron chi connectivity index (χ2n) is 4.81. The SMILES string of the molecule is CCCn1cc(CC(C)C(=O)O)c2ccccc21. The summed E-state index contributed by atoms with van der Waals surface area (Å²) < 4.78 is 2.22. The summed E-state index contributed by atoms with van der Waals surface area (Å²) in [5, 5.41) is 10.2. The Labute approximate surface area is 107 Å². The van der Waals surface area contributed by atoms with Crippen LogP contribution in [0.15, 0.2) is 30.5 Å². The molecule has 1 aromatic heterocycles. The molecule has 3 heteroatoms. The molecule has 0 saturated carbocycles. The van der Waals surface area contributed by atoms with Gasteiger partial charge in [-0.2, -0.15) is 0 Å². The van der Waals surface area contributed by atoms with Crippen LogP contribution in [0.25, 0.3) is 10.9 Å². The molecule has 1 aromatic carbocycles. The maximum absolute atomic E-state index is 11.0. The average molecular weight is 245 g/mol. The normalized spacial score (nSPS) is 12.8. The molecule has 2 rings (SSSR count). The molecule has 1 heterocycles. The Kier molecular flexibility index (Phi) is 3.70. The van der Waals surface area contributed by atoms with Crippen molar-refractivity contribution in [2.45, 2.75) is 33.2 Å². The average Bonchev–Trinajstić information content (AvgIpc) is 2.69. The van der Waals surface area contributed by atoms with Crippen LogP contribution in [-0.4, -0.2) is 15.6 Å². The highest BCUT2D eigenvalue weighted by atomic mass is 16.4. The first kappa shape index (κ1) is 12.7. The predicted octanol–water partition coefficient (Wildman–Crippen LogP) is 3.31. The highest BCUT2D eigenvalue weighted by Crippen LogP contribution is 2.24. The number of carbonyl (C=O) groups is 1. The predicted molar refractivity (Wildman–Crippen MR) is 72.7 cm³/mol. The zero-order valence-electron chi connectivity index (χ0n) is 10.9. The van der Waals surface area contributed by atoms with E-state index in [9.17, 15) is 4.79 Å². The number of aromatic nitrogens is 1. The first-order valence-corrected chi connectivity index (χ1v) is 6.43. The van der Waals surface area contributed by atoms with Crippen LogP contribution in [0.3, 0.4) is 0 Å². The van der Waals surface area contributed by atoms with Gasteiger partial charge in [0.1, 0.15) is 0 Å². The lowest BCUT2D eigenvalue weighted by molar-refractivity contribution is -0.141. The Morgan fingerprint density at radius 3 is 2.78 bits per heavy atom. The van der Waals surface area contributed by atoms with Gasteiger partial charge in [0.05, 0.1) is 5.92 Å². The van der Waals surface area contributed by atoms with E-state index in [1.54, 1.807) is 6.92 Å². The van der Waals surface area contributed by atoms with Gasteiger partial charge in [-0.05, 0) is 24.5 Å². The zero-order valence-corrected chi connectivity index (χ0v) is 10.9. The molecular formula is C15H19NO2. The van der Waals surface area contributed by atoms with Crippen molar-refractivity contribution in [3.05, 3.63) is 36.0 Å². The van der Waals surface area contributed by atoms with E-state index in [4.69, 9.17) is 5.11 Å². The number of fused-ring (bicyclic) bond motifs is 1. The van der Waals surface area contributed by atoms with E-state index in [2.05, 4.69) is 29.8 Å². The molecule has 0 amide bonds. The molecule has 0 saturated heterocycles. The fraction of sp³-hybridized carbons (Fsp3) is 0.400. The number of hydrogen-bond acceptors (Lipinski definition) is 1. The maximum Gasteiger partial charge on any atom is 0.306 e. The van der Waals surface area contributed by atoms with E-state index in [-0.39, 0.29) is 5.92 Å². The summed E-state index contributed by atoms with van der Waals surface area (Å²) in [7, 11) is 0. The molecule has 1 unspecified atom stereocenters. The quantitative estimate of drug-likeness (QED) is 0.878. The molecule has 96 valence electrons. The number of carboxylic acid groups (broad SMARTS) is 1. The van der Waals surface area contributed by atoms with Gasteiger partial charge < -0.3 is 9.67 Å². The van der Waals surface area contributed by atoms with E-state index in [1.807, 2.05) is 12.1 Å². The molecule has 3 nitrogen and oxygen atoms in total. The summed E-state index contributed by atoms with van der Waals surface area (Å²) in [5.41, 5.74) is 2.33. The van der Waals surface area contributed by atoms with Crippen LogP contribution in [0.1, 0.15) is 25.8 Å². The summed E-state index contributed by atoms with van der Waals surface area (Å²) in [5.74, 6) is -1.08. The lowest BCUT2D eigenvalue weighted by Crippen LogP contribution is -2.12. The van der Waals surface area contributed by atoms with E-state index in [0.29, 0.717) is 6.42 Å². The van der Waals surface area contributed by atoms with E-state index < -0.39 is 5.97 Å². The molecule has 0 aliphatic carbocycles. The van der Waals surface area contributed by atoms with Gasteiger partial charge in [0.25, 0.3) is 0 Å². The fourth-order valence-electron chi connectivity index (χ4n) is 2.33. The van der Waals surface area contributed by atoms with Gasteiger partial charge >= 0.3 is 5.97 Å². The maximum atomic E-state index is 11.0. The first-order chi connectivity index (χ1) is 8.63. The molecule has 0 aliphatic rings. The third-order valence-electron chi connectivity index (χ3n) is 3.28. The topological polar surface area (TPSA) is 42.2 Å². The third kappa shape index (κ3) is 2.40. The van der Waals surface area contributed by atoms with Crippen LogP contribution in [0.2, 0.25) is 0 Å². The Bertz CT molecular complexity index is 557. The van der Waals surface area contributed by atoms with Crippen molar-refractivity contribution in [2.24, 2.45) is 5.92 Å². The molecule has 2 aromatic rings. The highest BCUT2D eigenvalue weighted by molar-refractivity contribution is 5.84. The number of rotatable bonds is 5. The van der Waals surface area contributed by atoms with E-state index in [1.165, 1.54) is 10.9 Å². The van der Waals surface area contributed by atoms with Crippen LogP contribution < -0.4 is 0 Å². The Hall–Kier alpha value is -1.77. The van der Waals surface area contributed by atoms with Crippen LogP contribution in [0.4, 0.5) is 0 Å². The van der Waals surface area contributed by atoms with Gasteiger partial charge in [-0.3, -0.25) is 4.79 Å². The zero-order chi connectivity index (χ0) is 13.1. The second-order valence-corrected chi connectivity index (χ2v) is 4.81. The van der Waals surface area contributed by atoms with Crippen molar-refractivity contribution in [2.75, 3.05) is 0 Å². The number of carboxylic acids is 1. The Balaban J connectivity index is 2.41. The molecule has 0 spiro atoms. The number of hydrogen-bond donors (Lipinski definition) is 1. The minimum Gasteiger partial charge on any atom is -0.481 e. The number of benzene rings is 1. The smallest absolute Gasteiger partial charge is 0.306 e. The van der Waals surface area contributed by atoms with Crippen LogP contribution in [0, 0.1) is 5.92 Å². The summed E-state index contributed by atoms with van der Waals surface area (Å²) in [6.07, 6.45) is 3.77. The Morgan fingerprint density at radius 2 is 2.11 bits per heavy atom. The molecule has 0 radical (unpaired) electrons. The lowest BCUT2D eigenvalue weighted by atomic mass is 10.0. The number of para-hydroxylation sites is 1. The Morgan fingerprint density at radius 1 is 1.39 bits per heavy atom. The van der Waals surface area contributed by atoms with E-state index in [0.717, 1.165) is 18.5 Å². The molecule has 18 heavy (non-hydrogen) atoms. The number of nitrogens with zero attached hydrogens (tertiary/aromatic N) is 1. The van der Waals surface area contributed by atoms with Crippen LogP contribution in [-0.2, 0) is 17.8 Å². The van der Waals surface area contributed by atoms with Crippen molar-refractivity contribution < 1.29 is 9.90 Å². The van der Waals surface area contributed by atoms with Crippen molar-refractivity contribution in [1.82, 2.24) is 4.57 Å². The van der Waals surface area contributed by atoms with Crippen molar-refractivity contribution in [3.8, 4) is 0 Å². The summed E-state index contributed by atoms with van der Waals surface area (Å²) in [4.78, 5) is 11.0. The van der Waals surface area contributed by atoms with Gasteiger partial charge in [0.15, 0.2) is 0 Å². The molecule has 0 aliphatic heterocycles. The monoisotopic (exact) mass is 245 g/mol. The van der Waals surface area contributed by atoms with Gasteiger partial charge in [-0.1, -0.05) is 32.0 Å². The standard InChI is InChI=1S/C15H19NO2/c1-3-8-16-10-12(9-11(2)15(17)18)13-6-4-5-7-14(13)16/h4-7,10-11H,3,8-9H2,1-2H3,(H,17,18). The number of aryl methyl sites for hydroxylation is 1. The molecular weight excluding hydrogens is 226 g/mol.